The van der Waals surface area contributed by atoms with E-state index in [1.165, 1.54) is 6.07 Å². The van der Waals surface area contributed by atoms with Crippen LogP contribution in [0.3, 0.4) is 0 Å². The largest absolute Gasteiger partial charge is 0.485 e. The van der Waals surface area contributed by atoms with E-state index in [4.69, 9.17) is 4.74 Å². The van der Waals surface area contributed by atoms with Gasteiger partial charge in [-0.15, -0.1) is 0 Å². The van der Waals surface area contributed by atoms with Crippen LogP contribution in [0.1, 0.15) is 46.2 Å². The first-order chi connectivity index (χ1) is 16.8. The zero-order valence-electron chi connectivity index (χ0n) is 19.5. The van der Waals surface area contributed by atoms with E-state index < -0.39 is 17.0 Å². The Bertz CT molecular complexity index is 1350. The first-order valence-corrected chi connectivity index (χ1v) is 11.1. The summed E-state index contributed by atoms with van der Waals surface area (Å²) in [7, 11) is 0. The molecule has 0 bridgehead atoms. The van der Waals surface area contributed by atoms with Gasteiger partial charge in [0.05, 0.1) is 24.5 Å². The molecule has 1 atom stereocenters. The van der Waals surface area contributed by atoms with Crippen molar-refractivity contribution in [1.29, 1.82) is 0 Å². The number of hydrogen-bond acceptors (Lipinski definition) is 5. The number of carbonyl (C=O) groups is 1. The van der Waals surface area contributed by atoms with Crippen LogP contribution in [0.15, 0.2) is 60.8 Å². The molecule has 182 valence electrons. The minimum atomic E-state index is -0.849. The number of ether oxygens (including phenoxy) is 1. The zero-order chi connectivity index (χ0) is 25.2. The molecule has 0 amide bonds. The van der Waals surface area contributed by atoms with E-state index in [0.29, 0.717) is 17.0 Å². The number of aliphatic hydroxyl groups is 2. The van der Waals surface area contributed by atoms with Crippen molar-refractivity contribution in [2.75, 3.05) is 6.61 Å². The molecule has 0 radical (unpaired) electrons. The van der Waals surface area contributed by atoms with Gasteiger partial charge in [-0.05, 0) is 42.3 Å². The molecule has 2 aromatic carbocycles. The fourth-order valence-corrected chi connectivity index (χ4v) is 4.12. The van der Waals surface area contributed by atoms with Gasteiger partial charge in [0.15, 0.2) is 17.2 Å². The van der Waals surface area contributed by atoms with Crippen molar-refractivity contribution in [2.24, 2.45) is 0 Å². The molecule has 0 spiro atoms. The number of imidazole rings is 1. The number of aryl methyl sites for hydroxylation is 1. The van der Waals surface area contributed by atoms with Gasteiger partial charge >= 0.3 is 0 Å². The Morgan fingerprint density at radius 3 is 2.37 bits per heavy atom. The Morgan fingerprint density at radius 1 is 1.06 bits per heavy atom. The van der Waals surface area contributed by atoms with E-state index in [1.807, 2.05) is 0 Å². The van der Waals surface area contributed by atoms with Crippen molar-refractivity contribution in [3.63, 3.8) is 0 Å². The van der Waals surface area contributed by atoms with Crippen molar-refractivity contribution in [3.8, 4) is 5.75 Å². The Kier molecular flexibility index (Phi) is 6.95. The summed E-state index contributed by atoms with van der Waals surface area (Å²) in [6, 6.07) is 14.0. The Labute approximate surface area is 201 Å². The van der Waals surface area contributed by atoms with Crippen LogP contribution in [0.2, 0.25) is 0 Å². The SMILES string of the molecule is Cc1nc2c(OCc3c(F)cccc3F)cccn2c1C(=O)CC(C)(CO)c1ccc(CO)cc1. The van der Waals surface area contributed by atoms with Gasteiger partial charge in [-0.1, -0.05) is 37.3 Å². The second-order valence-corrected chi connectivity index (χ2v) is 8.77. The topological polar surface area (TPSA) is 84.1 Å². The van der Waals surface area contributed by atoms with Crippen LogP contribution in [0.5, 0.6) is 5.75 Å². The maximum Gasteiger partial charge on any atom is 0.182 e. The molecule has 0 saturated carbocycles. The van der Waals surface area contributed by atoms with Crippen molar-refractivity contribution in [1.82, 2.24) is 9.38 Å². The summed E-state index contributed by atoms with van der Waals surface area (Å²) in [6.45, 7) is 2.82. The van der Waals surface area contributed by atoms with Crippen molar-refractivity contribution >= 4 is 11.4 Å². The molecule has 4 rings (SSSR count). The summed E-state index contributed by atoms with van der Waals surface area (Å²) in [4.78, 5) is 17.9. The smallest absolute Gasteiger partial charge is 0.182 e. The molecule has 35 heavy (non-hydrogen) atoms. The third kappa shape index (κ3) is 4.80. The van der Waals surface area contributed by atoms with Crippen LogP contribution in [0.25, 0.3) is 5.65 Å². The number of carbonyl (C=O) groups excluding carboxylic acids is 1. The van der Waals surface area contributed by atoms with Crippen LogP contribution in [0.4, 0.5) is 8.78 Å². The fourth-order valence-electron chi connectivity index (χ4n) is 4.12. The predicted octanol–water partition coefficient (Wildman–Crippen LogP) is 4.52. The molecule has 6 nitrogen and oxygen atoms in total. The number of Topliss-reactive ketones (excluding diaryl/α,β-unsaturated/α-hetero) is 1. The molecular weight excluding hydrogens is 454 g/mol. The molecule has 0 aliphatic carbocycles. The number of nitrogens with zero attached hydrogens (tertiary/aromatic N) is 2. The van der Waals surface area contributed by atoms with Gasteiger partial charge < -0.3 is 14.9 Å². The van der Waals surface area contributed by atoms with Crippen LogP contribution >= 0.6 is 0 Å². The second kappa shape index (κ2) is 9.93. The lowest BCUT2D eigenvalue weighted by atomic mass is 9.78. The van der Waals surface area contributed by atoms with Gasteiger partial charge in [-0.2, -0.15) is 0 Å². The summed E-state index contributed by atoms with van der Waals surface area (Å²) in [6.07, 6.45) is 1.69. The number of pyridine rings is 1. The quantitative estimate of drug-likeness (QED) is 0.344. The number of aromatic nitrogens is 2. The Morgan fingerprint density at radius 2 is 1.74 bits per heavy atom. The molecule has 8 heteroatoms. The lowest BCUT2D eigenvalue weighted by Crippen LogP contribution is -2.30. The average Bonchev–Trinajstić information content (AvgIpc) is 3.20. The molecule has 0 aliphatic heterocycles. The molecule has 2 aromatic heterocycles. The lowest BCUT2D eigenvalue weighted by Gasteiger charge is -2.27. The van der Waals surface area contributed by atoms with E-state index in [1.54, 1.807) is 60.8 Å². The monoisotopic (exact) mass is 480 g/mol. The zero-order valence-corrected chi connectivity index (χ0v) is 19.5. The second-order valence-electron chi connectivity index (χ2n) is 8.77. The van der Waals surface area contributed by atoms with E-state index in [9.17, 15) is 23.8 Å². The van der Waals surface area contributed by atoms with Gasteiger partial charge in [-0.25, -0.2) is 13.8 Å². The Balaban J connectivity index is 1.63. The van der Waals surface area contributed by atoms with E-state index >= 15 is 0 Å². The highest BCUT2D eigenvalue weighted by molar-refractivity contribution is 5.97. The third-order valence-corrected chi connectivity index (χ3v) is 6.22. The lowest BCUT2D eigenvalue weighted by molar-refractivity contribution is 0.0912. The molecule has 4 aromatic rings. The predicted molar refractivity (Wildman–Crippen MR) is 126 cm³/mol. The molecule has 2 N–H and O–H groups in total. The van der Waals surface area contributed by atoms with Gasteiger partial charge in [0.25, 0.3) is 0 Å². The minimum Gasteiger partial charge on any atom is -0.485 e. The van der Waals surface area contributed by atoms with E-state index in [0.717, 1.165) is 23.3 Å². The summed E-state index contributed by atoms with van der Waals surface area (Å²) >= 11 is 0. The molecule has 0 aliphatic rings. The van der Waals surface area contributed by atoms with Gasteiger partial charge in [-0.3, -0.25) is 9.20 Å². The summed E-state index contributed by atoms with van der Waals surface area (Å²) < 4.78 is 35.3. The third-order valence-electron chi connectivity index (χ3n) is 6.22. The number of aliphatic hydroxyl groups excluding tert-OH is 2. The number of halogens is 2. The Hall–Kier alpha value is -3.62. The molecular formula is C27H26F2N2O4. The highest BCUT2D eigenvalue weighted by Crippen LogP contribution is 2.31. The molecule has 0 fully saturated rings. The number of ketones is 1. The minimum absolute atomic E-state index is 0.0160. The summed E-state index contributed by atoms with van der Waals surface area (Å²) in [5.41, 5.74) is 1.63. The highest BCUT2D eigenvalue weighted by atomic mass is 19.1. The number of rotatable bonds is 9. The van der Waals surface area contributed by atoms with Crippen LogP contribution < -0.4 is 4.74 Å². The van der Waals surface area contributed by atoms with E-state index in [2.05, 4.69) is 4.98 Å². The highest BCUT2D eigenvalue weighted by Gasteiger charge is 2.31. The number of fused-ring (bicyclic) bond motifs is 1. The van der Waals surface area contributed by atoms with Gasteiger partial charge in [0, 0.05) is 18.0 Å². The van der Waals surface area contributed by atoms with Gasteiger partial charge in [0.2, 0.25) is 0 Å². The van der Waals surface area contributed by atoms with Crippen molar-refractivity contribution in [2.45, 2.75) is 38.9 Å². The summed E-state index contributed by atoms with van der Waals surface area (Å²) in [5.74, 6) is -1.36. The first kappa shape index (κ1) is 24.5. The van der Waals surface area contributed by atoms with Crippen LogP contribution in [-0.4, -0.2) is 32.0 Å². The maximum absolute atomic E-state index is 14.0. The van der Waals surface area contributed by atoms with Crippen LogP contribution in [0, 0.1) is 18.6 Å². The normalized spacial score (nSPS) is 13.1. The van der Waals surface area contributed by atoms with Crippen molar-refractivity contribution in [3.05, 3.63) is 101 Å². The maximum atomic E-state index is 14.0. The van der Waals surface area contributed by atoms with E-state index in [-0.39, 0.29) is 43.3 Å². The number of benzene rings is 2. The van der Waals surface area contributed by atoms with Gasteiger partial charge in [0.1, 0.15) is 23.9 Å². The average molecular weight is 481 g/mol. The molecule has 0 saturated heterocycles. The van der Waals surface area contributed by atoms with Crippen LogP contribution in [-0.2, 0) is 18.6 Å². The first-order valence-electron chi connectivity index (χ1n) is 11.1. The van der Waals surface area contributed by atoms with Crippen molar-refractivity contribution < 1.29 is 28.5 Å². The standard InChI is InChI=1S/C27H26F2N2O4/c1-17-25(23(34)13-27(2,16-33)19-10-8-18(14-32)9-11-19)31-12-4-7-24(26(31)30-17)35-15-20-21(28)5-3-6-22(20)29/h3-12,32-33H,13-16H2,1-2H3. The number of hydrogen-bond donors (Lipinski definition) is 2. The molecule has 1 unspecified atom stereocenters. The fraction of sp³-hybridized carbons (Fsp3) is 0.259. The summed E-state index contributed by atoms with van der Waals surface area (Å²) in [5, 5.41) is 19.4. The molecule has 2 heterocycles.